The maximum atomic E-state index is 3.45. The summed E-state index contributed by atoms with van der Waals surface area (Å²) in [5.41, 5.74) is 0. The number of rotatable bonds is 6. The fourth-order valence-corrected chi connectivity index (χ4v) is 1.21. The molecule has 0 bridgehead atoms. The quantitative estimate of drug-likeness (QED) is 0.692. The fraction of sp³-hybridized carbons (Fsp3) is 0.800. The molecule has 2 nitrogen and oxygen atoms in total. The predicted molar refractivity (Wildman–Crippen MR) is 65.7 cm³/mol. The average molecular weight is 239 g/mol. The van der Waals surface area contributed by atoms with Crippen LogP contribution in [0.2, 0.25) is 0 Å². The molecule has 2 rings (SSSR count). The van der Waals surface area contributed by atoms with Crippen molar-refractivity contribution in [3.63, 3.8) is 0 Å². The minimum atomic E-state index is 0. The van der Waals surface area contributed by atoms with Gasteiger partial charge in [-0.05, 0) is 25.7 Å². The molecule has 0 aromatic carbocycles. The van der Waals surface area contributed by atoms with E-state index >= 15 is 0 Å². The molecule has 0 atom stereocenters. The molecule has 2 aliphatic carbocycles. The van der Waals surface area contributed by atoms with Crippen molar-refractivity contribution in [2.75, 3.05) is 13.1 Å². The van der Waals surface area contributed by atoms with Crippen LogP contribution in [0.15, 0.2) is 12.2 Å². The van der Waals surface area contributed by atoms with Gasteiger partial charge in [-0.1, -0.05) is 12.2 Å². The van der Waals surface area contributed by atoms with Crippen molar-refractivity contribution in [2.45, 2.75) is 37.8 Å². The van der Waals surface area contributed by atoms with E-state index in [0.717, 1.165) is 25.2 Å². The topological polar surface area (TPSA) is 24.1 Å². The summed E-state index contributed by atoms with van der Waals surface area (Å²) in [5.74, 6) is 0. The largest absolute Gasteiger partial charge is 0.311 e. The maximum Gasteiger partial charge on any atom is 0.0137 e. The van der Waals surface area contributed by atoms with E-state index in [2.05, 4.69) is 22.8 Å². The van der Waals surface area contributed by atoms with Crippen molar-refractivity contribution in [3.05, 3.63) is 12.2 Å². The Hall–Kier alpha value is 0.240. The fourth-order valence-electron chi connectivity index (χ4n) is 1.21. The summed E-state index contributed by atoms with van der Waals surface area (Å²) in [6.45, 7) is 2.11. The Morgan fingerprint density at radius 2 is 1.14 bits per heavy atom. The van der Waals surface area contributed by atoms with Gasteiger partial charge < -0.3 is 10.6 Å². The molecule has 4 heteroatoms. The molecular weight excluding hydrogens is 219 g/mol. The number of hydrogen-bond donors (Lipinski definition) is 2. The second-order valence-corrected chi connectivity index (χ2v) is 3.84. The van der Waals surface area contributed by atoms with Crippen LogP contribution in [-0.2, 0) is 0 Å². The lowest BCUT2D eigenvalue weighted by atomic mass is 10.4. The molecule has 0 spiro atoms. The Kier molecular flexibility index (Phi) is 7.65. The first-order chi connectivity index (χ1) is 5.95. The van der Waals surface area contributed by atoms with E-state index < -0.39 is 0 Å². The van der Waals surface area contributed by atoms with E-state index in [-0.39, 0.29) is 24.8 Å². The summed E-state index contributed by atoms with van der Waals surface area (Å²) in [6.07, 6.45) is 9.99. The third kappa shape index (κ3) is 6.66. The summed E-state index contributed by atoms with van der Waals surface area (Å²) in [6, 6.07) is 1.68. The van der Waals surface area contributed by atoms with Gasteiger partial charge >= 0.3 is 0 Å². The molecule has 0 unspecified atom stereocenters. The Balaban J connectivity index is 0.000000845. The Morgan fingerprint density at radius 3 is 1.43 bits per heavy atom. The van der Waals surface area contributed by atoms with Crippen LogP contribution in [0.3, 0.4) is 0 Å². The maximum absolute atomic E-state index is 3.45. The van der Waals surface area contributed by atoms with Gasteiger partial charge in [0.25, 0.3) is 0 Å². The molecule has 0 radical (unpaired) electrons. The van der Waals surface area contributed by atoms with Gasteiger partial charge in [-0.25, -0.2) is 0 Å². The lowest BCUT2D eigenvalue weighted by Crippen LogP contribution is -2.18. The standard InChI is InChI=1S/C10H18N2.2ClH/c1(7-11-9-3-4-9)2-8-12-10-5-6-10;;/h1-2,9-12H,3-8H2;2*1H. The molecule has 0 aromatic heterocycles. The Morgan fingerprint density at radius 1 is 0.786 bits per heavy atom. The van der Waals surface area contributed by atoms with Gasteiger partial charge in [0, 0.05) is 25.2 Å². The van der Waals surface area contributed by atoms with Crippen LogP contribution >= 0.6 is 24.8 Å². The first kappa shape index (κ1) is 14.2. The molecule has 2 aliphatic rings. The molecule has 84 valence electrons. The highest BCUT2D eigenvalue weighted by Crippen LogP contribution is 2.18. The van der Waals surface area contributed by atoms with Crippen molar-refractivity contribution in [1.29, 1.82) is 0 Å². The van der Waals surface area contributed by atoms with E-state index in [0.29, 0.717) is 0 Å². The third-order valence-electron chi connectivity index (χ3n) is 2.37. The Labute approximate surface area is 98.7 Å². The van der Waals surface area contributed by atoms with Gasteiger partial charge in [-0.3, -0.25) is 0 Å². The molecule has 0 heterocycles. The molecule has 0 amide bonds. The molecular formula is C10H20Cl2N2. The minimum Gasteiger partial charge on any atom is -0.311 e. The van der Waals surface area contributed by atoms with Crippen molar-refractivity contribution in [1.82, 2.24) is 10.6 Å². The monoisotopic (exact) mass is 238 g/mol. The number of hydrogen-bond acceptors (Lipinski definition) is 2. The second-order valence-electron chi connectivity index (χ2n) is 3.84. The van der Waals surface area contributed by atoms with Gasteiger partial charge in [0.1, 0.15) is 0 Å². The highest BCUT2D eigenvalue weighted by Gasteiger charge is 2.19. The minimum absolute atomic E-state index is 0. The van der Waals surface area contributed by atoms with Gasteiger partial charge in [0.15, 0.2) is 0 Å². The molecule has 2 N–H and O–H groups in total. The van der Waals surface area contributed by atoms with Gasteiger partial charge in [-0.2, -0.15) is 0 Å². The molecule has 0 aliphatic heterocycles. The third-order valence-corrected chi connectivity index (χ3v) is 2.37. The summed E-state index contributed by atoms with van der Waals surface area (Å²) in [5, 5.41) is 6.89. The first-order valence-electron chi connectivity index (χ1n) is 5.07. The molecule has 2 fully saturated rings. The highest BCUT2D eigenvalue weighted by molar-refractivity contribution is 5.85. The van der Waals surface area contributed by atoms with Crippen LogP contribution in [0.4, 0.5) is 0 Å². The first-order valence-corrected chi connectivity index (χ1v) is 5.07. The van der Waals surface area contributed by atoms with Crippen molar-refractivity contribution < 1.29 is 0 Å². The highest BCUT2D eigenvalue weighted by atomic mass is 35.5. The van der Waals surface area contributed by atoms with Crippen LogP contribution in [-0.4, -0.2) is 25.2 Å². The molecule has 14 heavy (non-hydrogen) atoms. The average Bonchev–Trinajstić information content (AvgIpc) is 2.89. The zero-order valence-electron chi connectivity index (χ0n) is 8.37. The molecule has 0 aromatic rings. The van der Waals surface area contributed by atoms with Crippen LogP contribution in [0.1, 0.15) is 25.7 Å². The van der Waals surface area contributed by atoms with Crippen LogP contribution in [0.5, 0.6) is 0 Å². The lowest BCUT2D eigenvalue weighted by molar-refractivity contribution is 0.736. The smallest absolute Gasteiger partial charge is 0.0137 e. The van der Waals surface area contributed by atoms with E-state index in [1.54, 1.807) is 0 Å². The zero-order valence-corrected chi connectivity index (χ0v) is 10.0. The Bertz CT molecular complexity index is 148. The second kappa shape index (κ2) is 7.52. The van der Waals surface area contributed by atoms with Crippen LogP contribution < -0.4 is 10.6 Å². The van der Waals surface area contributed by atoms with E-state index in [1.807, 2.05) is 0 Å². The van der Waals surface area contributed by atoms with Crippen molar-refractivity contribution >= 4 is 24.8 Å². The normalized spacial score (nSPS) is 20.3. The van der Waals surface area contributed by atoms with Crippen molar-refractivity contribution in [3.8, 4) is 0 Å². The van der Waals surface area contributed by atoms with Crippen molar-refractivity contribution in [2.24, 2.45) is 0 Å². The number of nitrogens with one attached hydrogen (secondary N) is 2. The summed E-state index contributed by atoms with van der Waals surface area (Å²) < 4.78 is 0. The lowest BCUT2D eigenvalue weighted by Gasteiger charge is -1.96. The predicted octanol–water partition coefficient (Wildman–Crippen LogP) is 1.89. The SMILES string of the molecule is C(=CCNC1CC1)CNC1CC1.Cl.Cl. The molecule has 2 saturated carbocycles. The van der Waals surface area contributed by atoms with E-state index in [9.17, 15) is 0 Å². The zero-order chi connectivity index (χ0) is 8.23. The summed E-state index contributed by atoms with van der Waals surface area (Å²) in [4.78, 5) is 0. The summed E-state index contributed by atoms with van der Waals surface area (Å²) >= 11 is 0. The van der Waals surface area contributed by atoms with Gasteiger partial charge in [0.05, 0.1) is 0 Å². The summed E-state index contributed by atoms with van der Waals surface area (Å²) in [7, 11) is 0. The van der Waals surface area contributed by atoms with Crippen LogP contribution in [0, 0.1) is 0 Å². The van der Waals surface area contributed by atoms with Gasteiger partial charge in [-0.15, -0.1) is 24.8 Å². The van der Waals surface area contributed by atoms with Gasteiger partial charge in [0.2, 0.25) is 0 Å². The van der Waals surface area contributed by atoms with E-state index in [1.165, 1.54) is 25.7 Å². The number of halogens is 2. The molecule has 0 saturated heterocycles. The van der Waals surface area contributed by atoms with E-state index in [4.69, 9.17) is 0 Å². The van der Waals surface area contributed by atoms with Crippen LogP contribution in [0.25, 0.3) is 0 Å².